The Morgan fingerprint density at radius 1 is 0.921 bits per heavy atom. The fraction of sp³-hybridized carbons (Fsp3) is 0.367. The molecule has 0 aromatic heterocycles. The van der Waals surface area contributed by atoms with Crippen LogP contribution in [-0.4, -0.2) is 49.5 Å². The van der Waals surface area contributed by atoms with Crippen molar-refractivity contribution in [2.24, 2.45) is 5.92 Å². The first kappa shape index (κ1) is 26.1. The monoisotopic (exact) mass is 525 g/mol. The number of para-hydroxylation sites is 1. The molecule has 0 N–H and O–H groups in total. The predicted octanol–water partition coefficient (Wildman–Crippen LogP) is 6.33. The fourth-order valence-electron chi connectivity index (χ4n) is 5.69. The number of hydrogen-bond acceptors (Lipinski definition) is 3. The summed E-state index contributed by atoms with van der Waals surface area (Å²) in [4.78, 5) is 14.7. The standard InChI is InChI=1S/C30H32F3N2O3/c31-24-6-4-7-25(19-24)34(20-22-10-11-27(32)28(33)18-22)30(36)38-29-21-35(15-12-23(29)13-16-35)14-5-17-37-26-8-2-1-3-9-26/h1-4,6-11,18-19,23,29H,5,12-17,20-21H2/q+1/t23?,29-,35?/m0/s1. The van der Waals surface area contributed by atoms with E-state index in [4.69, 9.17) is 9.47 Å². The molecular formula is C30H32F3N2O3+. The Balaban J connectivity index is 1.25. The van der Waals surface area contributed by atoms with Crippen LogP contribution in [0.1, 0.15) is 24.8 Å². The quantitative estimate of drug-likeness (QED) is 0.242. The fourth-order valence-corrected chi connectivity index (χ4v) is 5.69. The predicted molar refractivity (Wildman–Crippen MR) is 138 cm³/mol. The number of halogens is 3. The number of hydrogen-bond donors (Lipinski definition) is 0. The molecule has 3 aromatic carbocycles. The zero-order chi connectivity index (χ0) is 26.5. The van der Waals surface area contributed by atoms with Crippen molar-refractivity contribution < 1.29 is 31.9 Å². The van der Waals surface area contributed by atoms with Crippen molar-refractivity contribution in [2.45, 2.75) is 31.9 Å². The molecule has 0 radical (unpaired) electrons. The maximum atomic E-state index is 14.0. The summed E-state index contributed by atoms with van der Waals surface area (Å²) < 4.78 is 54.2. The number of quaternary nitrogens is 1. The van der Waals surface area contributed by atoms with Gasteiger partial charge in [0, 0.05) is 25.2 Å². The lowest BCUT2D eigenvalue weighted by Crippen LogP contribution is -2.65. The van der Waals surface area contributed by atoms with Gasteiger partial charge in [-0.05, 0) is 48.0 Å². The van der Waals surface area contributed by atoms with Gasteiger partial charge in [0.15, 0.2) is 17.7 Å². The van der Waals surface area contributed by atoms with Gasteiger partial charge in [0.25, 0.3) is 0 Å². The van der Waals surface area contributed by atoms with Crippen molar-refractivity contribution in [3.63, 3.8) is 0 Å². The van der Waals surface area contributed by atoms with Crippen LogP contribution in [-0.2, 0) is 11.3 Å². The van der Waals surface area contributed by atoms with Crippen molar-refractivity contribution in [1.82, 2.24) is 0 Å². The second kappa shape index (κ2) is 11.5. The van der Waals surface area contributed by atoms with E-state index in [0.29, 0.717) is 17.9 Å². The molecule has 1 amide bonds. The maximum Gasteiger partial charge on any atom is 0.415 e. The topological polar surface area (TPSA) is 38.8 Å². The SMILES string of the molecule is O=C(O[C@H]1C[N+]2(CCCOc3ccccc3)CCC1CC2)N(Cc1ccc(F)c(F)c1)c1cccc(F)c1. The van der Waals surface area contributed by atoms with E-state index < -0.39 is 23.5 Å². The van der Waals surface area contributed by atoms with Gasteiger partial charge in [-0.1, -0.05) is 30.3 Å². The molecule has 6 rings (SSSR count). The summed E-state index contributed by atoms with van der Waals surface area (Å²) in [7, 11) is 0. The van der Waals surface area contributed by atoms with Gasteiger partial charge < -0.3 is 14.0 Å². The number of carbonyl (C=O) groups excluding carboxylic acids is 1. The average Bonchev–Trinajstić information content (AvgIpc) is 2.93. The second-order valence-electron chi connectivity index (χ2n) is 10.3. The molecule has 0 saturated carbocycles. The Hall–Kier alpha value is -3.52. The lowest BCUT2D eigenvalue weighted by molar-refractivity contribution is -0.946. The molecule has 38 heavy (non-hydrogen) atoms. The molecule has 3 saturated heterocycles. The molecule has 1 atom stereocenters. The first-order valence-electron chi connectivity index (χ1n) is 13.1. The molecule has 8 heteroatoms. The number of ether oxygens (including phenoxy) is 2. The Labute approximate surface area is 221 Å². The normalized spacial score (nSPS) is 22.2. The van der Waals surface area contributed by atoms with Gasteiger partial charge in [-0.3, -0.25) is 4.90 Å². The average molecular weight is 526 g/mol. The number of amides is 1. The van der Waals surface area contributed by atoms with E-state index in [1.807, 2.05) is 30.3 Å². The summed E-state index contributed by atoms with van der Waals surface area (Å²) >= 11 is 0. The minimum atomic E-state index is -1.00. The zero-order valence-corrected chi connectivity index (χ0v) is 21.2. The van der Waals surface area contributed by atoms with Crippen LogP contribution >= 0.6 is 0 Å². The first-order chi connectivity index (χ1) is 18.4. The third-order valence-electron chi connectivity index (χ3n) is 7.75. The Morgan fingerprint density at radius 3 is 2.45 bits per heavy atom. The number of carbonyl (C=O) groups is 1. The molecule has 3 aromatic rings. The van der Waals surface area contributed by atoms with Gasteiger partial charge in [0.2, 0.25) is 0 Å². The second-order valence-corrected chi connectivity index (χ2v) is 10.3. The molecule has 5 nitrogen and oxygen atoms in total. The Bertz CT molecular complexity index is 1250. The summed E-state index contributed by atoms with van der Waals surface area (Å²) in [6.45, 7) is 4.31. The van der Waals surface area contributed by atoms with Crippen molar-refractivity contribution in [2.75, 3.05) is 37.7 Å². The number of piperidine rings is 3. The van der Waals surface area contributed by atoms with Gasteiger partial charge in [-0.15, -0.1) is 0 Å². The van der Waals surface area contributed by atoms with Crippen LogP contribution in [0.3, 0.4) is 0 Å². The Kier molecular flexibility index (Phi) is 7.88. The molecule has 0 spiro atoms. The summed E-state index contributed by atoms with van der Waals surface area (Å²) in [5.41, 5.74) is 0.670. The number of rotatable bonds is 9. The molecule has 200 valence electrons. The van der Waals surface area contributed by atoms with Crippen LogP contribution in [0.25, 0.3) is 0 Å². The van der Waals surface area contributed by atoms with Gasteiger partial charge in [0.1, 0.15) is 18.1 Å². The Morgan fingerprint density at radius 2 is 1.71 bits per heavy atom. The number of benzene rings is 3. The van der Waals surface area contributed by atoms with Gasteiger partial charge in [0.05, 0.1) is 38.5 Å². The summed E-state index contributed by atoms with van der Waals surface area (Å²) in [5, 5.41) is 0. The van der Waals surface area contributed by atoms with E-state index >= 15 is 0 Å². The maximum absolute atomic E-state index is 14.0. The van der Waals surface area contributed by atoms with E-state index in [-0.39, 0.29) is 18.6 Å². The van der Waals surface area contributed by atoms with Crippen molar-refractivity contribution in [1.29, 1.82) is 0 Å². The molecule has 2 bridgehead atoms. The molecular weight excluding hydrogens is 493 g/mol. The smallest absolute Gasteiger partial charge is 0.415 e. The highest BCUT2D eigenvalue weighted by molar-refractivity contribution is 5.87. The third kappa shape index (κ3) is 6.13. The number of nitrogens with zero attached hydrogens (tertiary/aromatic N) is 2. The lowest BCUT2D eigenvalue weighted by Gasteiger charge is -2.52. The van der Waals surface area contributed by atoms with Gasteiger partial charge in [-0.25, -0.2) is 18.0 Å². The molecule has 3 fully saturated rings. The van der Waals surface area contributed by atoms with E-state index in [1.165, 1.54) is 29.2 Å². The van der Waals surface area contributed by atoms with Crippen molar-refractivity contribution >= 4 is 11.8 Å². The van der Waals surface area contributed by atoms with Crippen LogP contribution in [0, 0.1) is 23.4 Å². The van der Waals surface area contributed by atoms with Crippen LogP contribution in [0.4, 0.5) is 23.7 Å². The van der Waals surface area contributed by atoms with Crippen LogP contribution < -0.4 is 9.64 Å². The van der Waals surface area contributed by atoms with E-state index in [9.17, 15) is 18.0 Å². The van der Waals surface area contributed by atoms with E-state index in [0.717, 1.165) is 67.8 Å². The minimum Gasteiger partial charge on any atom is -0.493 e. The molecule has 0 aliphatic carbocycles. The molecule has 0 unspecified atom stereocenters. The molecule has 3 aliphatic heterocycles. The van der Waals surface area contributed by atoms with Crippen LogP contribution in [0.2, 0.25) is 0 Å². The third-order valence-corrected chi connectivity index (χ3v) is 7.75. The van der Waals surface area contributed by atoms with Gasteiger partial charge in [-0.2, -0.15) is 0 Å². The highest BCUT2D eigenvalue weighted by Crippen LogP contribution is 2.36. The first-order valence-corrected chi connectivity index (χ1v) is 13.1. The largest absolute Gasteiger partial charge is 0.493 e. The van der Waals surface area contributed by atoms with Crippen molar-refractivity contribution in [3.05, 3.63) is 95.8 Å². The van der Waals surface area contributed by atoms with Crippen molar-refractivity contribution in [3.8, 4) is 5.75 Å². The summed E-state index contributed by atoms with van der Waals surface area (Å²) in [5.74, 6) is -1.35. The van der Waals surface area contributed by atoms with Crippen LogP contribution in [0.15, 0.2) is 72.8 Å². The van der Waals surface area contributed by atoms with Crippen LogP contribution in [0.5, 0.6) is 5.75 Å². The van der Waals surface area contributed by atoms with Gasteiger partial charge >= 0.3 is 6.09 Å². The summed E-state index contributed by atoms with van der Waals surface area (Å²) in [6, 6.07) is 18.8. The number of anilines is 1. The van der Waals surface area contributed by atoms with E-state index in [2.05, 4.69) is 0 Å². The summed E-state index contributed by atoms with van der Waals surface area (Å²) in [6.07, 6.45) is 1.96. The highest BCUT2D eigenvalue weighted by Gasteiger charge is 2.47. The lowest BCUT2D eigenvalue weighted by atomic mass is 9.83. The zero-order valence-electron chi connectivity index (χ0n) is 21.2. The number of fused-ring (bicyclic) bond motifs is 3. The molecule has 3 heterocycles. The van der Waals surface area contributed by atoms with E-state index in [1.54, 1.807) is 6.07 Å². The molecule has 3 aliphatic rings. The highest BCUT2D eigenvalue weighted by atomic mass is 19.2. The minimum absolute atomic E-state index is 0.0757.